The fraction of sp³-hybridized carbons (Fsp3) is 0.158. The van der Waals surface area contributed by atoms with E-state index >= 15 is 0 Å². The zero-order chi connectivity index (χ0) is 19.0. The van der Waals surface area contributed by atoms with Crippen molar-refractivity contribution >= 4 is 77.8 Å². The van der Waals surface area contributed by atoms with Gasteiger partial charge in [-0.3, -0.25) is 9.69 Å². The molecule has 26 heavy (non-hydrogen) atoms. The highest BCUT2D eigenvalue weighted by Gasteiger charge is 2.33. The van der Waals surface area contributed by atoms with Gasteiger partial charge >= 0.3 is 0 Å². The van der Waals surface area contributed by atoms with Gasteiger partial charge in [0.05, 0.1) is 26.6 Å². The fourth-order valence-electron chi connectivity index (χ4n) is 2.56. The molecule has 1 aliphatic heterocycles. The molecule has 0 N–H and O–H groups in total. The Balaban J connectivity index is 1.96. The van der Waals surface area contributed by atoms with Gasteiger partial charge in [-0.2, -0.15) is 0 Å². The van der Waals surface area contributed by atoms with E-state index in [2.05, 4.69) is 31.9 Å². The molecule has 0 saturated carbocycles. The number of hydrogen-bond donors (Lipinski definition) is 0. The largest absolute Gasteiger partial charge is 0.494 e. The lowest BCUT2D eigenvalue weighted by molar-refractivity contribution is -0.113. The average molecular weight is 513 g/mol. The fourth-order valence-corrected chi connectivity index (χ4v) is 5.41. The molecular formula is C19H15Br2NO2S2. The second-order valence-corrected chi connectivity index (χ2v) is 9.19. The number of carbonyl (C=O) groups is 1. The molecule has 134 valence electrons. The summed E-state index contributed by atoms with van der Waals surface area (Å²) in [6.07, 6.45) is 1.84. The molecule has 0 unspecified atom stereocenters. The number of ether oxygens (including phenoxy) is 1. The van der Waals surface area contributed by atoms with Crippen LogP contribution in [0.3, 0.4) is 0 Å². The van der Waals surface area contributed by atoms with Crippen LogP contribution in [0.25, 0.3) is 6.08 Å². The van der Waals surface area contributed by atoms with E-state index in [1.165, 1.54) is 17.3 Å². The summed E-state index contributed by atoms with van der Waals surface area (Å²) < 4.78 is 7.48. The van der Waals surface area contributed by atoms with Crippen LogP contribution in [0.5, 0.6) is 5.75 Å². The minimum atomic E-state index is -0.105. The quantitative estimate of drug-likeness (QED) is 0.359. The van der Waals surface area contributed by atoms with Crippen molar-refractivity contribution in [2.75, 3.05) is 12.0 Å². The molecule has 0 aromatic heterocycles. The first-order chi connectivity index (χ1) is 12.3. The lowest BCUT2D eigenvalue weighted by Gasteiger charge is -2.16. The maximum Gasteiger partial charge on any atom is 0.270 e. The van der Waals surface area contributed by atoms with Crippen molar-refractivity contribution < 1.29 is 9.53 Å². The molecule has 0 bridgehead atoms. The van der Waals surface area contributed by atoms with Crippen LogP contribution in [0.15, 0.2) is 44.2 Å². The van der Waals surface area contributed by atoms with Gasteiger partial charge < -0.3 is 4.74 Å². The Hall–Kier alpha value is -1.15. The molecule has 0 spiro atoms. The molecule has 7 heteroatoms. The van der Waals surface area contributed by atoms with Gasteiger partial charge in [0.15, 0.2) is 4.32 Å². The van der Waals surface area contributed by atoms with E-state index in [1.54, 1.807) is 12.0 Å². The number of benzene rings is 2. The zero-order valence-corrected chi connectivity index (χ0v) is 19.1. The van der Waals surface area contributed by atoms with Crippen molar-refractivity contribution in [1.82, 2.24) is 0 Å². The van der Waals surface area contributed by atoms with E-state index in [0.717, 1.165) is 25.8 Å². The Morgan fingerprint density at radius 2 is 1.77 bits per heavy atom. The van der Waals surface area contributed by atoms with E-state index < -0.39 is 0 Å². The Bertz CT molecular complexity index is 934. The molecule has 2 aromatic rings. The van der Waals surface area contributed by atoms with Gasteiger partial charge in [-0.25, -0.2) is 0 Å². The van der Waals surface area contributed by atoms with Crippen molar-refractivity contribution in [3.8, 4) is 5.75 Å². The highest BCUT2D eigenvalue weighted by Crippen LogP contribution is 2.39. The van der Waals surface area contributed by atoms with Gasteiger partial charge in [0.25, 0.3) is 5.91 Å². The maximum absolute atomic E-state index is 12.9. The van der Waals surface area contributed by atoms with Crippen molar-refractivity contribution in [3.63, 3.8) is 0 Å². The van der Waals surface area contributed by atoms with Crippen LogP contribution < -0.4 is 9.64 Å². The second-order valence-electron chi connectivity index (χ2n) is 5.80. The van der Waals surface area contributed by atoms with Crippen LogP contribution in [0.4, 0.5) is 5.69 Å². The van der Waals surface area contributed by atoms with E-state index in [4.69, 9.17) is 17.0 Å². The predicted molar refractivity (Wildman–Crippen MR) is 120 cm³/mol. The van der Waals surface area contributed by atoms with Crippen LogP contribution in [0, 0.1) is 13.8 Å². The number of hydrogen-bond acceptors (Lipinski definition) is 4. The van der Waals surface area contributed by atoms with E-state index in [1.807, 2.05) is 50.3 Å². The van der Waals surface area contributed by atoms with Gasteiger partial charge in [0.1, 0.15) is 5.75 Å². The maximum atomic E-state index is 12.9. The summed E-state index contributed by atoms with van der Waals surface area (Å²) in [5, 5.41) is 0. The molecule has 3 nitrogen and oxygen atoms in total. The summed E-state index contributed by atoms with van der Waals surface area (Å²) in [6, 6.07) is 9.74. The Morgan fingerprint density at radius 3 is 2.35 bits per heavy atom. The number of anilines is 1. The molecule has 0 aliphatic carbocycles. The molecule has 2 aromatic carbocycles. The summed E-state index contributed by atoms with van der Waals surface area (Å²) >= 11 is 13.7. The SMILES string of the molecule is COc1c(Br)cc(/C=C2/SC(=S)N(c3ccc(C)c(C)c3)C2=O)cc1Br. The number of thioether (sulfide) groups is 1. The minimum absolute atomic E-state index is 0.105. The molecule has 0 atom stereocenters. The molecule has 0 radical (unpaired) electrons. The first kappa shape index (κ1) is 19.6. The van der Waals surface area contributed by atoms with E-state index in [-0.39, 0.29) is 5.91 Å². The molecule has 1 amide bonds. The van der Waals surface area contributed by atoms with Gasteiger partial charge in [-0.05, 0) is 92.7 Å². The Morgan fingerprint density at radius 1 is 1.12 bits per heavy atom. The predicted octanol–water partition coefficient (Wildman–Crippen LogP) is 6.24. The number of rotatable bonds is 3. The molecule has 1 aliphatic rings. The standard InChI is InChI=1S/C19H15Br2NO2S2/c1-10-4-5-13(6-11(10)2)22-18(23)16(26-19(22)25)9-12-7-14(20)17(24-3)15(21)8-12/h4-9H,1-3H3/b16-9+. The minimum Gasteiger partial charge on any atom is -0.494 e. The van der Waals surface area contributed by atoms with Crippen molar-refractivity contribution in [1.29, 1.82) is 0 Å². The van der Waals surface area contributed by atoms with Crippen LogP contribution in [-0.4, -0.2) is 17.3 Å². The number of halogens is 2. The van der Waals surface area contributed by atoms with Crippen LogP contribution in [0.2, 0.25) is 0 Å². The highest BCUT2D eigenvalue weighted by molar-refractivity contribution is 9.11. The number of nitrogens with zero attached hydrogens (tertiary/aromatic N) is 1. The summed E-state index contributed by atoms with van der Waals surface area (Å²) in [7, 11) is 1.61. The average Bonchev–Trinajstić information content (AvgIpc) is 2.84. The molecular weight excluding hydrogens is 498 g/mol. The second kappa shape index (κ2) is 7.84. The molecule has 1 saturated heterocycles. The van der Waals surface area contributed by atoms with Crippen molar-refractivity contribution in [2.45, 2.75) is 13.8 Å². The number of thiocarbonyl (C=S) groups is 1. The van der Waals surface area contributed by atoms with Gasteiger partial charge in [-0.1, -0.05) is 30.0 Å². The third-order valence-corrected chi connectivity index (χ3v) is 6.55. The summed E-state index contributed by atoms with van der Waals surface area (Å²) in [5.41, 5.74) is 3.99. The summed E-state index contributed by atoms with van der Waals surface area (Å²) in [5.74, 6) is 0.608. The lowest BCUT2D eigenvalue weighted by Crippen LogP contribution is -2.27. The van der Waals surface area contributed by atoms with E-state index in [9.17, 15) is 4.79 Å². The highest BCUT2D eigenvalue weighted by atomic mass is 79.9. The molecule has 1 heterocycles. The molecule has 3 rings (SSSR count). The van der Waals surface area contributed by atoms with Crippen molar-refractivity contribution in [2.24, 2.45) is 0 Å². The van der Waals surface area contributed by atoms with E-state index in [0.29, 0.717) is 15.0 Å². The number of aryl methyl sites for hydroxylation is 2. The van der Waals surface area contributed by atoms with Gasteiger partial charge in [-0.15, -0.1) is 0 Å². The smallest absolute Gasteiger partial charge is 0.270 e. The topological polar surface area (TPSA) is 29.5 Å². The monoisotopic (exact) mass is 511 g/mol. The van der Waals surface area contributed by atoms with Gasteiger partial charge in [0, 0.05) is 0 Å². The van der Waals surface area contributed by atoms with Crippen molar-refractivity contribution in [3.05, 3.63) is 60.9 Å². The molecule has 1 fully saturated rings. The van der Waals surface area contributed by atoms with Crippen LogP contribution in [-0.2, 0) is 4.79 Å². The zero-order valence-electron chi connectivity index (χ0n) is 14.3. The summed E-state index contributed by atoms with van der Waals surface area (Å²) in [4.78, 5) is 15.1. The normalized spacial score (nSPS) is 15.9. The first-order valence-electron chi connectivity index (χ1n) is 7.70. The first-order valence-corrected chi connectivity index (χ1v) is 10.5. The third kappa shape index (κ3) is 3.76. The third-order valence-electron chi connectivity index (χ3n) is 4.06. The number of carbonyl (C=O) groups excluding carboxylic acids is 1. The van der Waals surface area contributed by atoms with Crippen LogP contribution >= 0.6 is 55.8 Å². The Labute approximate surface area is 179 Å². The lowest BCUT2D eigenvalue weighted by atomic mass is 10.1. The van der Waals surface area contributed by atoms with Crippen LogP contribution in [0.1, 0.15) is 16.7 Å². The number of amides is 1. The summed E-state index contributed by atoms with van der Waals surface area (Å²) in [6.45, 7) is 4.07. The van der Waals surface area contributed by atoms with Gasteiger partial charge in [0.2, 0.25) is 0 Å². The Kier molecular flexibility index (Phi) is 5.91. The number of methoxy groups -OCH3 is 1.